The van der Waals surface area contributed by atoms with Crippen molar-refractivity contribution >= 4 is 5.82 Å². The normalized spacial score (nSPS) is 10.9. The van der Waals surface area contributed by atoms with Gasteiger partial charge in [0.1, 0.15) is 17.5 Å². The summed E-state index contributed by atoms with van der Waals surface area (Å²) < 4.78 is 51.5. The van der Waals surface area contributed by atoms with E-state index in [9.17, 15) is 17.6 Å². The Balaban J connectivity index is 3.23. The van der Waals surface area contributed by atoms with Crippen molar-refractivity contribution < 1.29 is 22.3 Å². The Morgan fingerprint density at radius 1 is 1.47 bits per heavy atom. The summed E-state index contributed by atoms with van der Waals surface area (Å²) in [7, 11) is 0. The van der Waals surface area contributed by atoms with Crippen LogP contribution in [0.2, 0.25) is 0 Å². The first-order valence-corrected chi connectivity index (χ1v) is 3.45. The first kappa shape index (κ1) is 11.0. The van der Waals surface area contributed by atoms with Gasteiger partial charge >= 0.3 is 6.36 Å². The maximum absolute atomic E-state index is 12.9. The predicted octanol–water partition coefficient (Wildman–Crippen LogP) is 1.57. The van der Waals surface area contributed by atoms with Crippen LogP contribution in [-0.2, 0) is 0 Å². The van der Waals surface area contributed by atoms with Crippen LogP contribution in [0.4, 0.5) is 23.4 Å². The SMILES string of the molecule is N#Cc1cc(N)nc(F)c1OC(F)(F)F. The molecular formula is C7H3F4N3O. The van der Waals surface area contributed by atoms with Crippen molar-refractivity contribution in [2.45, 2.75) is 6.36 Å². The summed E-state index contributed by atoms with van der Waals surface area (Å²) in [6, 6.07) is 2.10. The first-order chi connectivity index (χ1) is 6.83. The molecule has 0 radical (unpaired) electrons. The molecule has 0 unspecified atom stereocenters. The second-order valence-electron chi connectivity index (χ2n) is 2.37. The molecule has 80 valence electrons. The van der Waals surface area contributed by atoms with E-state index in [1.165, 1.54) is 6.07 Å². The van der Waals surface area contributed by atoms with E-state index < -0.39 is 29.4 Å². The van der Waals surface area contributed by atoms with Crippen molar-refractivity contribution in [1.82, 2.24) is 4.98 Å². The van der Waals surface area contributed by atoms with Crippen LogP contribution in [0.1, 0.15) is 5.56 Å². The third-order valence-electron chi connectivity index (χ3n) is 1.29. The molecule has 4 nitrogen and oxygen atoms in total. The molecule has 0 aliphatic heterocycles. The van der Waals surface area contributed by atoms with Gasteiger partial charge in [-0.2, -0.15) is 14.6 Å². The third-order valence-corrected chi connectivity index (χ3v) is 1.29. The molecular weight excluding hydrogens is 218 g/mol. The molecule has 0 aliphatic carbocycles. The van der Waals surface area contributed by atoms with E-state index in [2.05, 4.69) is 9.72 Å². The minimum Gasteiger partial charge on any atom is -0.399 e. The van der Waals surface area contributed by atoms with E-state index in [0.29, 0.717) is 0 Å². The highest BCUT2D eigenvalue weighted by Gasteiger charge is 2.34. The molecule has 1 heterocycles. The van der Waals surface area contributed by atoms with Crippen LogP contribution in [0.3, 0.4) is 0 Å². The Hall–Kier alpha value is -2.04. The zero-order valence-electron chi connectivity index (χ0n) is 6.97. The highest BCUT2D eigenvalue weighted by atomic mass is 19.4. The topological polar surface area (TPSA) is 71.9 Å². The summed E-state index contributed by atoms with van der Waals surface area (Å²) >= 11 is 0. The summed E-state index contributed by atoms with van der Waals surface area (Å²) in [5.74, 6) is -3.26. The molecule has 15 heavy (non-hydrogen) atoms. The number of halogens is 4. The van der Waals surface area contributed by atoms with Gasteiger partial charge in [-0.05, 0) is 0 Å². The van der Waals surface area contributed by atoms with Gasteiger partial charge in [-0.1, -0.05) is 0 Å². The highest BCUT2D eigenvalue weighted by Crippen LogP contribution is 2.28. The lowest BCUT2D eigenvalue weighted by molar-refractivity contribution is -0.275. The van der Waals surface area contributed by atoms with Crippen molar-refractivity contribution in [2.24, 2.45) is 0 Å². The van der Waals surface area contributed by atoms with Gasteiger partial charge in [0.25, 0.3) is 5.95 Å². The maximum atomic E-state index is 12.9. The van der Waals surface area contributed by atoms with Crippen LogP contribution in [0.25, 0.3) is 0 Å². The Labute approximate surface area is 80.9 Å². The molecule has 8 heteroatoms. The Kier molecular flexibility index (Phi) is 2.65. The smallest absolute Gasteiger partial charge is 0.399 e. The molecule has 0 aromatic carbocycles. The summed E-state index contributed by atoms with van der Waals surface area (Å²) in [4.78, 5) is 2.90. The zero-order chi connectivity index (χ0) is 11.6. The number of aromatic nitrogens is 1. The predicted molar refractivity (Wildman–Crippen MR) is 40.0 cm³/mol. The number of hydrogen-bond acceptors (Lipinski definition) is 4. The lowest BCUT2D eigenvalue weighted by Gasteiger charge is -2.10. The van der Waals surface area contributed by atoms with Crippen LogP contribution in [0.5, 0.6) is 5.75 Å². The number of alkyl halides is 3. The van der Waals surface area contributed by atoms with Gasteiger partial charge in [-0.15, -0.1) is 13.2 Å². The van der Waals surface area contributed by atoms with Crippen LogP contribution in [0, 0.1) is 17.3 Å². The molecule has 0 atom stereocenters. The van der Waals surface area contributed by atoms with Gasteiger partial charge in [-0.3, -0.25) is 0 Å². The monoisotopic (exact) mass is 221 g/mol. The molecule has 0 saturated carbocycles. The standard InChI is InChI=1S/C7H3F4N3O/c8-6-5(15-7(9,10)11)3(2-12)1-4(13)14-6/h1H,(H2,13,14). The molecule has 2 N–H and O–H groups in total. The number of nitrogen functional groups attached to an aromatic ring is 1. The van der Waals surface area contributed by atoms with Crippen LogP contribution in [-0.4, -0.2) is 11.3 Å². The van der Waals surface area contributed by atoms with Crippen LogP contribution >= 0.6 is 0 Å². The molecule has 1 aromatic rings. The van der Waals surface area contributed by atoms with E-state index in [-0.39, 0.29) is 0 Å². The van der Waals surface area contributed by atoms with E-state index >= 15 is 0 Å². The fourth-order valence-electron chi connectivity index (χ4n) is 0.817. The van der Waals surface area contributed by atoms with Crippen LogP contribution in [0.15, 0.2) is 6.07 Å². The molecule has 1 rings (SSSR count). The summed E-state index contributed by atoms with van der Waals surface area (Å²) in [6.07, 6.45) is -5.09. The minimum absolute atomic E-state index is 0.404. The van der Waals surface area contributed by atoms with Crippen molar-refractivity contribution in [3.63, 3.8) is 0 Å². The molecule has 0 saturated heterocycles. The number of rotatable bonds is 1. The third kappa shape index (κ3) is 2.70. The summed E-state index contributed by atoms with van der Waals surface area (Å²) in [5, 5.41) is 8.42. The van der Waals surface area contributed by atoms with Gasteiger partial charge < -0.3 is 10.5 Å². The zero-order valence-corrected chi connectivity index (χ0v) is 6.97. The molecule has 0 aliphatic rings. The number of hydrogen-bond donors (Lipinski definition) is 1. The fraction of sp³-hybridized carbons (Fsp3) is 0.143. The van der Waals surface area contributed by atoms with Gasteiger partial charge in [0, 0.05) is 6.07 Å². The Morgan fingerprint density at radius 3 is 2.53 bits per heavy atom. The number of nitriles is 1. The second-order valence-corrected chi connectivity index (χ2v) is 2.37. The fourth-order valence-corrected chi connectivity index (χ4v) is 0.817. The molecule has 1 aromatic heterocycles. The Morgan fingerprint density at radius 2 is 2.07 bits per heavy atom. The lowest BCUT2D eigenvalue weighted by atomic mass is 10.2. The van der Waals surface area contributed by atoms with Crippen LogP contribution < -0.4 is 10.5 Å². The van der Waals surface area contributed by atoms with E-state index in [1.807, 2.05) is 0 Å². The summed E-state index contributed by atoms with van der Waals surface area (Å²) in [5.41, 5.74) is 4.36. The number of nitrogens with zero attached hydrogens (tertiary/aromatic N) is 2. The highest BCUT2D eigenvalue weighted by molar-refractivity contribution is 5.48. The van der Waals surface area contributed by atoms with Crippen molar-refractivity contribution in [3.05, 3.63) is 17.6 Å². The number of nitrogens with two attached hydrogens (primary N) is 1. The van der Waals surface area contributed by atoms with Gasteiger partial charge in [-0.25, -0.2) is 0 Å². The van der Waals surface area contributed by atoms with Crippen molar-refractivity contribution in [1.29, 1.82) is 5.26 Å². The van der Waals surface area contributed by atoms with Gasteiger partial charge in [0.05, 0.1) is 0 Å². The quantitative estimate of drug-likeness (QED) is 0.577. The molecule has 0 fully saturated rings. The minimum atomic E-state index is -5.09. The lowest BCUT2D eigenvalue weighted by Crippen LogP contribution is -2.19. The largest absolute Gasteiger partial charge is 0.573 e. The molecule has 0 bridgehead atoms. The molecule has 0 amide bonds. The van der Waals surface area contributed by atoms with Gasteiger partial charge in [0.2, 0.25) is 5.75 Å². The first-order valence-electron chi connectivity index (χ1n) is 3.45. The van der Waals surface area contributed by atoms with E-state index in [0.717, 1.165) is 6.07 Å². The van der Waals surface area contributed by atoms with Gasteiger partial charge in [0.15, 0.2) is 0 Å². The summed E-state index contributed by atoms with van der Waals surface area (Å²) in [6.45, 7) is 0. The van der Waals surface area contributed by atoms with E-state index in [4.69, 9.17) is 11.0 Å². The number of ether oxygens (including phenoxy) is 1. The second kappa shape index (κ2) is 3.61. The van der Waals surface area contributed by atoms with Crippen molar-refractivity contribution in [2.75, 3.05) is 5.73 Å². The van der Waals surface area contributed by atoms with E-state index in [1.54, 1.807) is 0 Å². The Bertz CT molecular complexity index is 423. The number of pyridine rings is 1. The molecule has 0 spiro atoms. The average molecular weight is 221 g/mol. The van der Waals surface area contributed by atoms with Crippen molar-refractivity contribution in [3.8, 4) is 11.8 Å². The average Bonchev–Trinajstić information content (AvgIpc) is 2.07. The number of anilines is 1. The maximum Gasteiger partial charge on any atom is 0.573 e.